The molecule has 184 valence electrons. The molecule has 3 aromatic rings. The maximum Gasteiger partial charge on any atom is 0.243 e. The van der Waals surface area contributed by atoms with Crippen LogP contribution in [0.5, 0.6) is 5.75 Å². The second-order valence-corrected chi connectivity index (χ2v) is 8.37. The van der Waals surface area contributed by atoms with Crippen LogP contribution in [-0.2, 0) is 22.6 Å². The first-order valence-corrected chi connectivity index (χ1v) is 12.1. The van der Waals surface area contributed by atoms with Crippen molar-refractivity contribution in [3.8, 4) is 5.75 Å². The molecule has 3 aromatic carbocycles. The van der Waals surface area contributed by atoms with Gasteiger partial charge in [-0.2, -0.15) is 0 Å². The monoisotopic (exact) mass is 476 g/mol. The van der Waals surface area contributed by atoms with Gasteiger partial charge in [-0.3, -0.25) is 9.59 Å². The number of ether oxygens (including phenoxy) is 1. The van der Waals surface area contributed by atoms with Crippen molar-refractivity contribution >= 4 is 11.8 Å². The SMILES string of the molecule is CCCNC(=O)[C@H](Cc1ccccc1)N(Cc1ccccc1F)C(=O)CCCOc1ccccc1. The second-order valence-electron chi connectivity index (χ2n) is 8.37. The van der Waals surface area contributed by atoms with E-state index in [0.29, 0.717) is 31.6 Å². The van der Waals surface area contributed by atoms with E-state index < -0.39 is 11.9 Å². The van der Waals surface area contributed by atoms with Gasteiger partial charge in [-0.1, -0.05) is 73.7 Å². The molecule has 0 spiro atoms. The quantitative estimate of drug-likeness (QED) is 0.347. The average Bonchev–Trinajstić information content (AvgIpc) is 2.89. The van der Waals surface area contributed by atoms with Crippen LogP contribution in [0.4, 0.5) is 4.39 Å². The number of carbonyl (C=O) groups is 2. The summed E-state index contributed by atoms with van der Waals surface area (Å²) in [5.41, 5.74) is 1.31. The van der Waals surface area contributed by atoms with E-state index >= 15 is 0 Å². The Morgan fingerprint density at radius 3 is 2.29 bits per heavy atom. The molecule has 0 unspecified atom stereocenters. The Hall–Kier alpha value is -3.67. The van der Waals surface area contributed by atoms with Crippen molar-refractivity contribution in [3.05, 3.63) is 102 Å². The molecule has 0 bridgehead atoms. The zero-order valence-electron chi connectivity index (χ0n) is 20.2. The van der Waals surface area contributed by atoms with Crippen LogP contribution in [0.1, 0.15) is 37.3 Å². The van der Waals surface area contributed by atoms with E-state index in [4.69, 9.17) is 4.74 Å². The van der Waals surface area contributed by atoms with Gasteiger partial charge in [0, 0.05) is 31.5 Å². The minimum Gasteiger partial charge on any atom is -0.494 e. The molecular formula is C29H33FN2O3. The van der Waals surface area contributed by atoms with E-state index in [2.05, 4.69) is 5.32 Å². The molecule has 35 heavy (non-hydrogen) atoms. The summed E-state index contributed by atoms with van der Waals surface area (Å²) in [6.07, 6.45) is 1.79. The fourth-order valence-corrected chi connectivity index (χ4v) is 3.80. The first-order chi connectivity index (χ1) is 17.1. The lowest BCUT2D eigenvalue weighted by molar-refractivity contribution is -0.141. The van der Waals surface area contributed by atoms with Crippen LogP contribution >= 0.6 is 0 Å². The number of amides is 2. The van der Waals surface area contributed by atoms with E-state index in [1.807, 2.05) is 67.6 Å². The van der Waals surface area contributed by atoms with Crippen LogP contribution in [0.25, 0.3) is 0 Å². The molecule has 0 saturated carbocycles. The summed E-state index contributed by atoms with van der Waals surface area (Å²) in [6.45, 7) is 2.87. The maximum atomic E-state index is 14.5. The molecule has 0 fully saturated rings. The van der Waals surface area contributed by atoms with Crippen molar-refractivity contribution in [2.24, 2.45) is 0 Å². The zero-order valence-corrected chi connectivity index (χ0v) is 20.2. The van der Waals surface area contributed by atoms with Gasteiger partial charge >= 0.3 is 0 Å². The number of nitrogens with zero attached hydrogens (tertiary/aromatic N) is 1. The van der Waals surface area contributed by atoms with Crippen LogP contribution in [0.3, 0.4) is 0 Å². The third-order valence-electron chi connectivity index (χ3n) is 5.67. The van der Waals surface area contributed by atoms with Crippen molar-refractivity contribution in [1.29, 1.82) is 0 Å². The summed E-state index contributed by atoms with van der Waals surface area (Å²) >= 11 is 0. The molecule has 1 N–H and O–H groups in total. The van der Waals surface area contributed by atoms with Gasteiger partial charge in [0.25, 0.3) is 0 Å². The number of carbonyl (C=O) groups excluding carboxylic acids is 2. The highest BCUT2D eigenvalue weighted by Gasteiger charge is 2.30. The van der Waals surface area contributed by atoms with Crippen molar-refractivity contribution in [2.75, 3.05) is 13.2 Å². The minimum absolute atomic E-state index is 0.0160. The molecule has 0 radical (unpaired) electrons. The van der Waals surface area contributed by atoms with Crippen molar-refractivity contribution in [3.63, 3.8) is 0 Å². The molecule has 2 amide bonds. The molecule has 6 heteroatoms. The highest BCUT2D eigenvalue weighted by atomic mass is 19.1. The standard InChI is InChI=1S/C29H33FN2O3/c1-2-19-31-29(34)27(21-23-12-5-3-6-13-23)32(22-24-14-9-10-17-26(24)30)28(33)18-11-20-35-25-15-7-4-8-16-25/h3-10,12-17,27H,2,11,18-22H2,1H3,(H,31,34)/t27-/m0/s1. The van der Waals surface area contributed by atoms with E-state index in [0.717, 1.165) is 17.7 Å². The summed E-state index contributed by atoms with van der Waals surface area (Å²) in [5, 5.41) is 2.93. The normalized spacial score (nSPS) is 11.5. The lowest BCUT2D eigenvalue weighted by Gasteiger charge is -2.31. The molecule has 1 atom stereocenters. The summed E-state index contributed by atoms with van der Waals surface area (Å²) < 4.78 is 20.3. The Morgan fingerprint density at radius 2 is 1.60 bits per heavy atom. The number of rotatable bonds is 13. The van der Waals surface area contributed by atoms with Crippen LogP contribution in [0.2, 0.25) is 0 Å². The summed E-state index contributed by atoms with van der Waals surface area (Å²) in [4.78, 5) is 28.2. The third kappa shape index (κ3) is 8.25. The Morgan fingerprint density at radius 1 is 0.943 bits per heavy atom. The molecule has 0 aromatic heterocycles. The molecule has 0 saturated heterocycles. The van der Waals surface area contributed by atoms with Crippen molar-refractivity contribution in [1.82, 2.24) is 10.2 Å². The fraction of sp³-hybridized carbons (Fsp3) is 0.310. The van der Waals surface area contributed by atoms with Gasteiger partial charge in [0.05, 0.1) is 6.61 Å². The van der Waals surface area contributed by atoms with E-state index in [1.54, 1.807) is 18.2 Å². The molecular weight excluding hydrogens is 443 g/mol. The lowest BCUT2D eigenvalue weighted by Crippen LogP contribution is -2.50. The molecule has 0 aliphatic rings. The minimum atomic E-state index is -0.758. The van der Waals surface area contributed by atoms with Crippen LogP contribution in [0.15, 0.2) is 84.9 Å². The number of hydrogen-bond donors (Lipinski definition) is 1. The second kappa shape index (κ2) is 13.9. The molecule has 0 heterocycles. The highest BCUT2D eigenvalue weighted by molar-refractivity contribution is 5.88. The summed E-state index contributed by atoms with van der Waals surface area (Å²) in [7, 11) is 0. The number of halogens is 1. The number of nitrogens with one attached hydrogen (secondary N) is 1. The van der Waals surface area contributed by atoms with Gasteiger partial charge < -0.3 is 15.0 Å². The van der Waals surface area contributed by atoms with Gasteiger partial charge in [-0.15, -0.1) is 0 Å². The van der Waals surface area contributed by atoms with Gasteiger partial charge in [0.1, 0.15) is 17.6 Å². The summed E-state index contributed by atoms with van der Waals surface area (Å²) in [5.74, 6) is -0.104. The van der Waals surface area contributed by atoms with Crippen LogP contribution in [0, 0.1) is 5.82 Å². The number of benzene rings is 3. The predicted octanol–water partition coefficient (Wildman–Crippen LogP) is 5.15. The topological polar surface area (TPSA) is 58.6 Å². The maximum absolute atomic E-state index is 14.5. The van der Waals surface area contributed by atoms with Crippen LogP contribution < -0.4 is 10.1 Å². The largest absolute Gasteiger partial charge is 0.494 e. The van der Waals surface area contributed by atoms with E-state index in [-0.39, 0.29) is 24.8 Å². The molecule has 5 nitrogen and oxygen atoms in total. The summed E-state index contributed by atoms with van der Waals surface area (Å²) in [6, 6.07) is 24.6. The van der Waals surface area contributed by atoms with Gasteiger partial charge in [-0.25, -0.2) is 4.39 Å². The number of hydrogen-bond acceptors (Lipinski definition) is 3. The number of para-hydroxylation sites is 1. The highest BCUT2D eigenvalue weighted by Crippen LogP contribution is 2.18. The van der Waals surface area contributed by atoms with E-state index in [1.165, 1.54) is 11.0 Å². The van der Waals surface area contributed by atoms with Gasteiger partial charge in [-0.05, 0) is 36.6 Å². The Balaban J connectivity index is 1.79. The lowest BCUT2D eigenvalue weighted by atomic mass is 10.0. The van der Waals surface area contributed by atoms with Crippen LogP contribution in [-0.4, -0.2) is 35.9 Å². The predicted molar refractivity (Wildman–Crippen MR) is 135 cm³/mol. The first-order valence-electron chi connectivity index (χ1n) is 12.1. The van der Waals surface area contributed by atoms with Crippen molar-refractivity contribution < 1.29 is 18.7 Å². The van der Waals surface area contributed by atoms with E-state index in [9.17, 15) is 14.0 Å². The average molecular weight is 477 g/mol. The fourth-order valence-electron chi connectivity index (χ4n) is 3.80. The molecule has 3 rings (SSSR count). The van der Waals surface area contributed by atoms with Gasteiger partial charge in [0.2, 0.25) is 11.8 Å². The Kier molecular flexibility index (Phi) is 10.3. The smallest absolute Gasteiger partial charge is 0.243 e. The van der Waals surface area contributed by atoms with Gasteiger partial charge in [0.15, 0.2) is 0 Å². The molecule has 0 aliphatic heterocycles. The van der Waals surface area contributed by atoms with Crippen molar-refractivity contribution in [2.45, 2.75) is 45.2 Å². The Labute approximate surface area is 206 Å². The molecule has 0 aliphatic carbocycles. The Bertz CT molecular complexity index is 1060. The first kappa shape index (κ1) is 25.9. The zero-order chi connectivity index (χ0) is 24.9. The third-order valence-corrected chi connectivity index (χ3v) is 5.67.